The van der Waals surface area contributed by atoms with Crippen LogP contribution in [0, 0.1) is 15.9 Å². The quantitative estimate of drug-likeness (QED) is 0.478. The Morgan fingerprint density at radius 3 is 2.89 bits per heavy atom. The highest BCUT2D eigenvalue weighted by molar-refractivity contribution is 7.14. The van der Waals surface area contributed by atoms with E-state index in [1.165, 1.54) is 35.6 Å². The lowest BCUT2D eigenvalue weighted by molar-refractivity contribution is -0.384. The van der Waals surface area contributed by atoms with Crippen molar-refractivity contribution in [3.05, 3.63) is 68.8 Å². The average molecular weight is 408 g/mol. The maximum absolute atomic E-state index is 13.0. The van der Waals surface area contributed by atoms with Crippen LogP contribution >= 0.6 is 22.9 Å². The summed E-state index contributed by atoms with van der Waals surface area (Å²) in [5.74, 6) is -0.798. The number of thiazole rings is 1. The number of halogens is 2. The predicted molar refractivity (Wildman–Crippen MR) is 99.7 cm³/mol. The van der Waals surface area contributed by atoms with Gasteiger partial charge in [-0.2, -0.15) is 0 Å². The van der Waals surface area contributed by atoms with Gasteiger partial charge in [0.05, 0.1) is 15.6 Å². The molecule has 2 aromatic carbocycles. The lowest BCUT2D eigenvalue weighted by Crippen LogP contribution is -2.20. The second-order valence-electron chi connectivity index (χ2n) is 5.26. The monoisotopic (exact) mass is 407 g/mol. The Labute approximate surface area is 161 Å². The smallest absolute Gasteiger partial charge is 0.270 e. The lowest BCUT2D eigenvalue weighted by atomic mass is 10.1. The molecule has 1 aromatic heterocycles. The number of non-ortho nitro benzene ring substituents is 1. The van der Waals surface area contributed by atoms with Crippen LogP contribution in [-0.4, -0.2) is 22.4 Å². The van der Waals surface area contributed by atoms with Crippen molar-refractivity contribution in [2.24, 2.45) is 0 Å². The molecule has 0 radical (unpaired) electrons. The van der Waals surface area contributed by atoms with Crippen LogP contribution in [0.1, 0.15) is 0 Å². The third-order valence-electron chi connectivity index (χ3n) is 3.36. The number of nitrogens with zero attached hydrogens (tertiary/aromatic N) is 2. The Balaban J connectivity index is 1.62. The van der Waals surface area contributed by atoms with Gasteiger partial charge >= 0.3 is 0 Å². The molecule has 3 aromatic rings. The van der Waals surface area contributed by atoms with Crippen molar-refractivity contribution >= 4 is 39.7 Å². The summed E-state index contributed by atoms with van der Waals surface area (Å²) in [6.45, 7) is -0.336. The molecule has 0 saturated heterocycles. The summed E-state index contributed by atoms with van der Waals surface area (Å²) in [5, 5.41) is 15.5. The molecule has 0 aliphatic rings. The number of nitro benzene ring substituents is 1. The van der Waals surface area contributed by atoms with Gasteiger partial charge in [0.1, 0.15) is 11.6 Å². The van der Waals surface area contributed by atoms with Crippen LogP contribution in [-0.2, 0) is 4.79 Å². The first-order valence-corrected chi connectivity index (χ1v) is 8.76. The molecule has 138 valence electrons. The van der Waals surface area contributed by atoms with E-state index >= 15 is 0 Å². The highest BCUT2D eigenvalue weighted by Crippen LogP contribution is 2.28. The lowest BCUT2D eigenvalue weighted by Gasteiger charge is -2.07. The first-order valence-electron chi connectivity index (χ1n) is 7.50. The molecule has 7 nitrogen and oxygen atoms in total. The van der Waals surface area contributed by atoms with E-state index in [9.17, 15) is 19.3 Å². The van der Waals surface area contributed by atoms with Gasteiger partial charge in [-0.1, -0.05) is 23.7 Å². The van der Waals surface area contributed by atoms with Gasteiger partial charge in [0.2, 0.25) is 0 Å². The Bertz CT molecular complexity index is 1010. The number of carbonyl (C=O) groups excluding carboxylic acids is 1. The molecule has 3 rings (SSSR count). The van der Waals surface area contributed by atoms with Gasteiger partial charge in [0.25, 0.3) is 11.6 Å². The molecule has 0 unspecified atom stereocenters. The number of aromatic nitrogens is 1. The zero-order chi connectivity index (χ0) is 19.4. The SMILES string of the molecule is O=C(COc1ccc(F)cc1Cl)Nc1nc(-c2cccc([N+](=O)[O-])c2)cs1. The van der Waals surface area contributed by atoms with E-state index in [0.717, 1.165) is 6.07 Å². The van der Waals surface area contributed by atoms with Crippen LogP contribution in [0.2, 0.25) is 5.02 Å². The minimum Gasteiger partial charge on any atom is -0.482 e. The topological polar surface area (TPSA) is 94.4 Å². The van der Waals surface area contributed by atoms with Crippen molar-refractivity contribution in [1.29, 1.82) is 0 Å². The van der Waals surface area contributed by atoms with E-state index in [0.29, 0.717) is 16.4 Å². The Morgan fingerprint density at radius 2 is 2.15 bits per heavy atom. The van der Waals surface area contributed by atoms with Gasteiger partial charge in [-0.15, -0.1) is 11.3 Å². The van der Waals surface area contributed by atoms with E-state index in [2.05, 4.69) is 10.3 Å². The van der Waals surface area contributed by atoms with E-state index in [1.54, 1.807) is 17.5 Å². The van der Waals surface area contributed by atoms with Crippen molar-refractivity contribution in [3.8, 4) is 17.0 Å². The zero-order valence-corrected chi connectivity index (χ0v) is 15.1. The summed E-state index contributed by atoms with van der Waals surface area (Å²) in [7, 11) is 0. The normalized spacial score (nSPS) is 10.4. The minimum atomic E-state index is -0.506. The van der Waals surface area contributed by atoms with Gasteiger partial charge in [0.15, 0.2) is 11.7 Å². The van der Waals surface area contributed by atoms with Crippen molar-refractivity contribution in [3.63, 3.8) is 0 Å². The average Bonchev–Trinajstić information content (AvgIpc) is 3.09. The molecule has 27 heavy (non-hydrogen) atoms. The highest BCUT2D eigenvalue weighted by atomic mass is 35.5. The molecular formula is C17H11ClFN3O4S. The van der Waals surface area contributed by atoms with Crippen LogP contribution in [0.4, 0.5) is 15.2 Å². The summed E-state index contributed by atoms with van der Waals surface area (Å²) in [6, 6.07) is 9.62. The van der Waals surface area contributed by atoms with Crippen molar-refractivity contribution in [2.75, 3.05) is 11.9 Å². The molecule has 0 atom stereocenters. The number of hydrogen-bond donors (Lipinski definition) is 1. The summed E-state index contributed by atoms with van der Waals surface area (Å²) in [6.07, 6.45) is 0. The van der Waals surface area contributed by atoms with Crippen molar-refractivity contribution < 1.29 is 18.8 Å². The number of anilines is 1. The summed E-state index contributed by atoms with van der Waals surface area (Å²) < 4.78 is 18.2. The van der Waals surface area contributed by atoms with Gasteiger partial charge in [-0.3, -0.25) is 20.2 Å². The fraction of sp³-hybridized carbons (Fsp3) is 0.0588. The summed E-state index contributed by atoms with van der Waals surface area (Å²) >= 11 is 6.99. The molecule has 1 N–H and O–H groups in total. The van der Waals surface area contributed by atoms with Gasteiger partial charge in [0, 0.05) is 23.1 Å². The Morgan fingerprint density at radius 1 is 1.33 bits per heavy atom. The number of hydrogen-bond acceptors (Lipinski definition) is 6. The van der Waals surface area contributed by atoms with Crippen LogP contribution in [0.5, 0.6) is 5.75 Å². The van der Waals surface area contributed by atoms with Gasteiger partial charge in [-0.05, 0) is 18.2 Å². The molecule has 1 heterocycles. The second-order valence-corrected chi connectivity index (χ2v) is 6.52. The molecule has 10 heteroatoms. The third-order valence-corrected chi connectivity index (χ3v) is 4.41. The number of benzene rings is 2. The Hall–Kier alpha value is -3.04. The van der Waals surface area contributed by atoms with Crippen LogP contribution in [0.25, 0.3) is 11.3 Å². The van der Waals surface area contributed by atoms with Crippen LogP contribution < -0.4 is 10.1 Å². The third kappa shape index (κ3) is 4.78. The molecule has 0 aliphatic carbocycles. The summed E-state index contributed by atoms with van der Waals surface area (Å²) in [5.41, 5.74) is 1.02. The number of ether oxygens (including phenoxy) is 1. The molecule has 0 bridgehead atoms. The Kier molecular flexibility index (Phi) is 5.63. The van der Waals surface area contributed by atoms with Crippen LogP contribution in [0.15, 0.2) is 47.8 Å². The van der Waals surface area contributed by atoms with Crippen LogP contribution in [0.3, 0.4) is 0 Å². The maximum Gasteiger partial charge on any atom is 0.270 e. The number of amides is 1. The van der Waals surface area contributed by atoms with Crippen molar-refractivity contribution in [2.45, 2.75) is 0 Å². The number of nitrogens with one attached hydrogen (secondary N) is 1. The molecule has 0 fully saturated rings. The number of nitro groups is 1. The standard InChI is InChI=1S/C17H11ClFN3O4S/c18-13-7-11(19)4-5-15(13)26-8-16(23)21-17-20-14(9-27-17)10-2-1-3-12(6-10)22(24)25/h1-7,9H,8H2,(H,20,21,23). The maximum atomic E-state index is 13.0. The number of rotatable bonds is 6. The fourth-order valence-electron chi connectivity index (χ4n) is 2.13. The van der Waals surface area contributed by atoms with E-state index < -0.39 is 16.6 Å². The fourth-order valence-corrected chi connectivity index (χ4v) is 3.09. The highest BCUT2D eigenvalue weighted by Gasteiger charge is 2.12. The largest absolute Gasteiger partial charge is 0.482 e. The van der Waals surface area contributed by atoms with Gasteiger partial charge in [-0.25, -0.2) is 9.37 Å². The molecule has 0 spiro atoms. The zero-order valence-electron chi connectivity index (χ0n) is 13.5. The minimum absolute atomic E-state index is 0.0457. The van der Waals surface area contributed by atoms with E-state index in [1.807, 2.05) is 0 Å². The van der Waals surface area contributed by atoms with Crippen molar-refractivity contribution in [1.82, 2.24) is 4.98 Å². The molecule has 0 saturated carbocycles. The predicted octanol–water partition coefficient (Wildman–Crippen LogP) is 4.53. The molecule has 0 aliphatic heterocycles. The first kappa shape index (κ1) is 18.7. The first-order chi connectivity index (χ1) is 12.9. The molecule has 1 amide bonds. The van der Waals surface area contributed by atoms with E-state index in [-0.39, 0.29) is 23.1 Å². The summed E-state index contributed by atoms with van der Waals surface area (Å²) in [4.78, 5) is 26.6. The second kappa shape index (κ2) is 8.11. The molecular weight excluding hydrogens is 397 g/mol. The number of carbonyl (C=O) groups is 1. The van der Waals surface area contributed by atoms with E-state index in [4.69, 9.17) is 16.3 Å². The van der Waals surface area contributed by atoms with Gasteiger partial charge < -0.3 is 4.74 Å².